The molecule has 2 atom stereocenters. The second-order valence-corrected chi connectivity index (χ2v) is 4.51. The number of hydrogen-bond acceptors (Lipinski definition) is 2. The third-order valence-corrected chi connectivity index (χ3v) is 3.68. The minimum Gasteiger partial charge on any atom is -0.395 e. The third-order valence-electron chi connectivity index (χ3n) is 3.68. The lowest BCUT2D eigenvalue weighted by Gasteiger charge is -2.34. The second kappa shape index (κ2) is 4.43. The van der Waals surface area contributed by atoms with Gasteiger partial charge in [-0.2, -0.15) is 0 Å². The molecule has 0 aromatic carbocycles. The molecule has 2 aliphatic heterocycles. The minimum atomic E-state index is 0.372. The highest BCUT2D eigenvalue weighted by atomic mass is 16.3. The highest BCUT2D eigenvalue weighted by Crippen LogP contribution is 2.28. The summed E-state index contributed by atoms with van der Waals surface area (Å²) in [5.41, 5.74) is 0. The summed E-state index contributed by atoms with van der Waals surface area (Å²) < 4.78 is 0. The van der Waals surface area contributed by atoms with Crippen LogP contribution in [0, 0.1) is 0 Å². The Balaban J connectivity index is 1.99. The number of nitrogens with zero attached hydrogens (tertiary/aromatic N) is 1. The minimum absolute atomic E-state index is 0.372. The molecule has 0 aliphatic carbocycles. The average molecular weight is 183 g/mol. The second-order valence-electron chi connectivity index (χ2n) is 4.51. The number of aliphatic hydroxyl groups excluding tert-OH is 1. The van der Waals surface area contributed by atoms with Crippen LogP contribution in [0.15, 0.2) is 0 Å². The lowest BCUT2D eigenvalue weighted by Crippen LogP contribution is -2.42. The van der Waals surface area contributed by atoms with Gasteiger partial charge in [-0.25, -0.2) is 0 Å². The summed E-state index contributed by atoms with van der Waals surface area (Å²) in [6, 6.07) is 1.28. The molecule has 1 N–H and O–H groups in total. The Kier molecular flexibility index (Phi) is 3.23. The molecule has 2 aliphatic rings. The molecule has 2 heteroatoms. The molecule has 0 spiro atoms. The SMILES string of the molecule is OC[C@@H]1CCCCC[C@@H]2CCCN21. The fourth-order valence-corrected chi connectivity index (χ4v) is 2.95. The molecule has 76 valence electrons. The van der Waals surface area contributed by atoms with Crippen LogP contribution in [0.4, 0.5) is 0 Å². The molecule has 0 aromatic heterocycles. The van der Waals surface area contributed by atoms with E-state index < -0.39 is 0 Å². The van der Waals surface area contributed by atoms with Gasteiger partial charge in [0.15, 0.2) is 0 Å². The largest absolute Gasteiger partial charge is 0.395 e. The number of aliphatic hydroxyl groups is 1. The molecule has 2 fully saturated rings. The lowest BCUT2D eigenvalue weighted by molar-refractivity contribution is 0.0912. The van der Waals surface area contributed by atoms with Crippen LogP contribution >= 0.6 is 0 Å². The van der Waals surface area contributed by atoms with Gasteiger partial charge in [0.25, 0.3) is 0 Å². The first-order valence-corrected chi connectivity index (χ1v) is 5.78. The first kappa shape index (κ1) is 9.47. The Morgan fingerprint density at radius 1 is 1.00 bits per heavy atom. The van der Waals surface area contributed by atoms with Crippen molar-refractivity contribution in [1.82, 2.24) is 4.90 Å². The van der Waals surface area contributed by atoms with Crippen molar-refractivity contribution in [3.8, 4) is 0 Å². The smallest absolute Gasteiger partial charge is 0.0586 e. The van der Waals surface area contributed by atoms with Gasteiger partial charge < -0.3 is 5.11 Å². The van der Waals surface area contributed by atoms with E-state index in [1.807, 2.05) is 0 Å². The zero-order valence-electron chi connectivity index (χ0n) is 8.41. The van der Waals surface area contributed by atoms with Crippen LogP contribution in [0.2, 0.25) is 0 Å². The maximum absolute atomic E-state index is 9.31. The Bertz CT molecular complexity index is 160. The summed E-state index contributed by atoms with van der Waals surface area (Å²) in [6.45, 7) is 1.60. The van der Waals surface area contributed by atoms with Gasteiger partial charge in [0, 0.05) is 12.1 Å². The fourth-order valence-electron chi connectivity index (χ4n) is 2.95. The van der Waals surface area contributed by atoms with E-state index in [4.69, 9.17) is 0 Å². The summed E-state index contributed by atoms with van der Waals surface area (Å²) in [4.78, 5) is 2.57. The van der Waals surface area contributed by atoms with E-state index in [2.05, 4.69) is 4.90 Å². The number of rotatable bonds is 1. The molecule has 0 aromatic rings. The molecule has 0 amide bonds. The third kappa shape index (κ3) is 2.05. The van der Waals surface area contributed by atoms with Gasteiger partial charge in [-0.15, -0.1) is 0 Å². The predicted octanol–water partition coefficient (Wildman–Crippen LogP) is 1.78. The van der Waals surface area contributed by atoms with Crippen LogP contribution in [0.25, 0.3) is 0 Å². The van der Waals surface area contributed by atoms with E-state index in [1.165, 1.54) is 51.5 Å². The standard InChI is InChI=1S/C11H21NO/c13-9-11-6-3-1-2-5-10-7-4-8-12(10)11/h10-11,13H,1-9H2/t10-,11+/m1/s1. The zero-order chi connectivity index (χ0) is 9.10. The van der Waals surface area contributed by atoms with Crippen molar-refractivity contribution < 1.29 is 5.11 Å². The molecule has 13 heavy (non-hydrogen) atoms. The van der Waals surface area contributed by atoms with Crippen LogP contribution in [-0.2, 0) is 0 Å². The van der Waals surface area contributed by atoms with E-state index in [1.54, 1.807) is 0 Å². The summed E-state index contributed by atoms with van der Waals surface area (Å²) in [7, 11) is 0. The van der Waals surface area contributed by atoms with Crippen molar-refractivity contribution >= 4 is 0 Å². The summed E-state index contributed by atoms with van der Waals surface area (Å²) >= 11 is 0. The van der Waals surface area contributed by atoms with Crippen molar-refractivity contribution in [3.63, 3.8) is 0 Å². The lowest BCUT2D eigenvalue weighted by atomic mass is 9.98. The maximum Gasteiger partial charge on any atom is 0.0586 e. The van der Waals surface area contributed by atoms with Crippen LogP contribution < -0.4 is 0 Å². The molecule has 2 saturated heterocycles. The normalized spacial score (nSPS) is 36.7. The predicted molar refractivity (Wildman–Crippen MR) is 53.7 cm³/mol. The first-order chi connectivity index (χ1) is 6.42. The summed E-state index contributed by atoms with van der Waals surface area (Å²) in [5.74, 6) is 0. The molecular weight excluding hydrogens is 162 g/mol. The fraction of sp³-hybridized carbons (Fsp3) is 1.00. The van der Waals surface area contributed by atoms with Gasteiger partial charge in [-0.3, -0.25) is 4.90 Å². The summed E-state index contributed by atoms with van der Waals surface area (Å²) in [6.07, 6.45) is 9.40. The highest BCUT2D eigenvalue weighted by Gasteiger charge is 2.30. The molecule has 0 saturated carbocycles. The van der Waals surface area contributed by atoms with Crippen molar-refractivity contribution in [2.24, 2.45) is 0 Å². The van der Waals surface area contributed by atoms with E-state index in [0.29, 0.717) is 12.6 Å². The maximum atomic E-state index is 9.31. The van der Waals surface area contributed by atoms with Crippen LogP contribution in [0.1, 0.15) is 44.9 Å². The average Bonchev–Trinajstić information content (AvgIpc) is 2.53. The Labute approximate surface area is 80.9 Å². The van der Waals surface area contributed by atoms with Gasteiger partial charge in [-0.05, 0) is 32.2 Å². The van der Waals surface area contributed by atoms with Gasteiger partial charge in [0.05, 0.1) is 6.61 Å². The topological polar surface area (TPSA) is 23.5 Å². The molecule has 0 bridgehead atoms. The Morgan fingerprint density at radius 2 is 1.77 bits per heavy atom. The van der Waals surface area contributed by atoms with E-state index in [-0.39, 0.29) is 0 Å². The molecule has 2 heterocycles. The number of hydrogen-bond donors (Lipinski definition) is 1. The highest BCUT2D eigenvalue weighted by molar-refractivity contribution is 4.85. The van der Waals surface area contributed by atoms with E-state index in [9.17, 15) is 5.11 Å². The molecule has 2 nitrogen and oxygen atoms in total. The quantitative estimate of drug-likeness (QED) is 0.670. The summed E-state index contributed by atoms with van der Waals surface area (Å²) in [5, 5.41) is 9.31. The van der Waals surface area contributed by atoms with Crippen LogP contribution in [0.5, 0.6) is 0 Å². The van der Waals surface area contributed by atoms with Crippen LogP contribution in [-0.4, -0.2) is 35.2 Å². The molecule has 0 unspecified atom stereocenters. The monoisotopic (exact) mass is 183 g/mol. The van der Waals surface area contributed by atoms with Crippen molar-refractivity contribution in [2.45, 2.75) is 57.0 Å². The number of fused-ring (bicyclic) bond motifs is 1. The van der Waals surface area contributed by atoms with Gasteiger partial charge in [0.1, 0.15) is 0 Å². The van der Waals surface area contributed by atoms with E-state index in [0.717, 1.165) is 6.04 Å². The zero-order valence-corrected chi connectivity index (χ0v) is 8.41. The van der Waals surface area contributed by atoms with Crippen LogP contribution in [0.3, 0.4) is 0 Å². The molecule has 0 radical (unpaired) electrons. The van der Waals surface area contributed by atoms with E-state index >= 15 is 0 Å². The van der Waals surface area contributed by atoms with Gasteiger partial charge >= 0.3 is 0 Å². The molecular formula is C11H21NO. The Morgan fingerprint density at radius 3 is 2.62 bits per heavy atom. The molecule has 2 rings (SSSR count). The van der Waals surface area contributed by atoms with Gasteiger partial charge in [-0.1, -0.05) is 19.3 Å². The Hall–Kier alpha value is -0.0800. The van der Waals surface area contributed by atoms with Gasteiger partial charge in [0.2, 0.25) is 0 Å². The van der Waals surface area contributed by atoms with Crippen molar-refractivity contribution in [3.05, 3.63) is 0 Å². The van der Waals surface area contributed by atoms with Crippen molar-refractivity contribution in [1.29, 1.82) is 0 Å². The first-order valence-electron chi connectivity index (χ1n) is 5.78. The van der Waals surface area contributed by atoms with Crippen molar-refractivity contribution in [2.75, 3.05) is 13.2 Å².